The summed E-state index contributed by atoms with van der Waals surface area (Å²) in [5.74, 6) is 1.34. The molecular weight excluding hydrogens is 354 g/mol. The molecule has 8 nitrogen and oxygen atoms in total. The highest BCUT2D eigenvalue weighted by molar-refractivity contribution is 6.32. The highest BCUT2D eigenvalue weighted by Gasteiger charge is 2.25. The van der Waals surface area contributed by atoms with Crippen LogP contribution in [0.1, 0.15) is 44.6 Å². The van der Waals surface area contributed by atoms with Crippen molar-refractivity contribution in [2.24, 2.45) is 0 Å². The van der Waals surface area contributed by atoms with Gasteiger partial charge in [0.1, 0.15) is 11.5 Å². The Labute approximate surface area is 156 Å². The lowest BCUT2D eigenvalue weighted by Gasteiger charge is -2.22. The van der Waals surface area contributed by atoms with Crippen LogP contribution < -0.4 is 15.4 Å². The lowest BCUT2D eigenvalue weighted by Crippen LogP contribution is -2.14. The maximum atomic E-state index is 7.24. The minimum atomic E-state index is 0.296. The van der Waals surface area contributed by atoms with E-state index in [0.717, 1.165) is 19.3 Å². The van der Waals surface area contributed by atoms with Crippen molar-refractivity contribution < 1.29 is 4.74 Å². The lowest BCUT2D eigenvalue weighted by molar-refractivity contribution is 0.284. The monoisotopic (exact) mass is 373 g/mol. The van der Waals surface area contributed by atoms with Crippen LogP contribution in [0.15, 0.2) is 6.20 Å². The van der Waals surface area contributed by atoms with Crippen LogP contribution in [0.3, 0.4) is 0 Å². The van der Waals surface area contributed by atoms with Crippen molar-refractivity contribution in [3.63, 3.8) is 0 Å². The van der Waals surface area contributed by atoms with Gasteiger partial charge in [-0.1, -0.05) is 30.9 Å². The summed E-state index contributed by atoms with van der Waals surface area (Å²) in [5.41, 5.74) is 0.973. The molecule has 1 fully saturated rings. The highest BCUT2D eigenvalue weighted by atomic mass is 35.5. The predicted octanol–water partition coefficient (Wildman–Crippen LogP) is 4.32. The molecule has 0 unspecified atom stereocenters. The summed E-state index contributed by atoms with van der Waals surface area (Å²) in [6, 6.07) is 0.296. The van der Waals surface area contributed by atoms with E-state index in [0.29, 0.717) is 53.4 Å². The van der Waals surface area contributed by atoms with Crippen LogP contribution in [0.5, 0.6) is 5.88 Å². The first-order valence-electron chi connectivity index (χ1n) is 8.92. The number of ether oxygens (including phenoxy) is 1. The summed E-state index contributed by atoms with van der Waals surface area (Å²) in [4.78, 5) is 12.1. The molecular formula is C17H20ClN7O. The molecule has 4 rings (SSSR count). The first-order valence-corrected chi connectivity index (χ1v) is 9.30. The van der Waals surface area contributed by atoms with Crippen LogP contribution >= 0.6 is 11.6 Å². The van der Waals surface area contributed by atoms with Gasteiger partial charge in [-0.05, 0) is 19.3 Å². The zero-order valence-corrected chi connectivity index (χ0v) is 15.1. The molecule has 2 aliphatic rings. The van der Waals surface area contributed by atoms with Gasteiger partial charge in [-0.15, -0.1) is 5.10 Å². The van der Waals surface area contributed by atoms with Crippen LogP contribution in [-0.4, -0.2) is 32.9 Å². The fourth-order valence-electron chi connectivity index (χ4n) is 3.38. The second-order valence-electron chi connectivity index (χ2n) is 6.50. The number of fused-ring (bicyclic) bond motifs is 3. The Morgan fingerprint density at radius 2 is 2.12 bits per heavy atom. The van der Waals surface area contributed by atoms with Crippen molar-refractivity contribution in [3.8, 4) is 5.88 Å². The molecule has 2 N–H and O–H groups in total. The van der Waals surface area contributed by atoms with Crippen molar-refractivity contribution in [2.75, 3.05) is 23.8 Å². The summed E-state index contributed by atoms with van der Waals surface area (Å²) in [6.45, 7) is 8.38. The van der Waals surface area contributed by atoms with E-state index in [1.165, 1.54) is 25.5 Å². The molecule has 0 radical (unpaired) electrons. The smallest absolute Gasteiger partial charge is 0.258 e. The van der Waals surface area contributed by atoms with E-state index in [1.54, 1.807) is 0 Å². The van der Waals surface area contributed by atoms with E-state index < -0.39 is 0 Å². The summed E-state index contributed by atoms with van der Waals surface area (Å²) in [7, 11) is 0. The maximum Gasteiger partial charge on any atom is 0.258 e. The number of rotatable bonds is 1. The molecule has 1 aliphatic heterocycles. The molecule has 26 heavy (non-hydrogen) atoms. The number of nitrogens with one attached hydrogen (secondary N) is 2. The molecule has 136 valence electrons. The molecule has 3 heterocycles. The molecule has 0 saturated heterocycles. The molecule has 0 atom stereocenters. The van der Waals surface area contributed by atoms with Gasteiger partial charge in [-0.3, -0.25) is 0 Å². The number of halogens is 1. The largest absolute Gasteiger partial charge is 0.475 e. The van der Waals surface area contributed by atoms with Crippen molar-refractivity contribution in [1.29, 1.82) is 0 Å². The molecule has 1 aliphatic carbocycles. The Morgan fingerprint density at radius 1 is 1.27 bits per heavy atom. The average molecular weight is 374 g/mol. The first-order chi connectivity index (χ1) is 12.8. The Hall–Kier alpha value is -2.53. The van der Waals surface area contributed by atoms with Crippen LogP contribution in [0.2, 0.25) is 5.15 Å². The first kappa shape index (κ1) is 16.9. The average Bonchev–Trinajstić information content (AvgIpc) is 2.96. The molecule has 9 heteroatoms. The second-order valence-corrected chi connectivity index (χ2v) is 6.86. The summed E-state index contributed by atoms with van der Waals surface area (Å²) < 4.78 is 7.74. The Kier molecular flexibility index (Phi) is 4.80. The van der Waals surface area contributed by atoms with Gasteiger partial charge in [0.05, 0.1) is 19.2 Å². The van der Waals surface area contributed by atoms with Crippen molar-refractivity contribution in [3.05, 3.63) is 22.8 Å². The van der Waals surface area contributed by atoms with Gasteiger partial charge in [0, 0.05) is 12.7 Å². The van der Waals surface area contributed by atoms with Gasteiger partial charge in [0.2, 0.25) is 11.6 Å². The summed E-state index contributed by atoms with van der Waals surface area (Å²) in [5, 5.41) is 11.4. The molecule has 0 aromatic carbocycles. The minimum absolute atomic E-state index is 0.296. The maximum absolute atomic E-state index is 7.24. The quantitative estimate of drug-likeness (QED) is 0.724. The van der Waals surface area contributed by atoms with E-state index in [1.807, 2.05) is 4.68 Å². The number of hydrogen-bond donors (Lipinski definition) is 2. The van der Waals surface area contributed by atoms with Gasteiger partial charge >= 0.3 is 0 Å². The number of aromatic nitrogens is 4. The minimum Gasteiger partial charge on any atom is -0.475 e. The Bertz CT molecular complexity index is 838. The van der Waals surface area contributed by atoms with E-state index in [4.69, 9.17) is 22.9 Å². The lowest BCUT2D eigenvalue weighted by atomic mass is 9.96. The fraction of sp³-hybridized carbons (Fsp3) is 0.529. The third kappa shape index (κ3) is 3.27. The number of anilines is 3. The molecule has 0 spiro atoms. The van der Waals surface area contributed by atoms with Crippen LogP contribution in [-0.2, 0) is 0 Å². The van der Waals surface area contributed by atoms with Crippen LogP contribution in [0, 0.1) is 6.57 Å². The summed E-state index contributed by atoms with van der Waals surface area (Å²) in [6.07, 6.45) is 8.05. The molecule has 2 aromatic heterocycles. The molecule has 2 aromatic rings. The van der Waals surface area contributed by atoms with E-state index >= 15 is 0 Å². The predicted molar refractivity (Wildman–Crippen MR) is 99.5 cm³/mol. The zero-order valence-electron chi connectivity index (χ0n) is 14.3. The molecule has 0 amide bonds. The molecule has 1 saturated carbocycles. The van der Waals surface area contributed by atoms with Crippen molar-refractivity contribution >= 4 is 34.7 Å². The van der Waals surface area contributed by atoms with Gasteiger partial charge in [0.25, 0.3) is 5.88 Å². The molecule has 2 bridgehead atoms. The van der Waals surface area contributed by atoms with E-state index in [-0.39, 0.29) is 0 Å². The van der Waals surface area contributed by atoms with Gasteiger partial charge in [0.15, 0.2) is 5.15 Å². The van der Waals surface area contributed by atoms with Crippen LogP contribution in [0.4, 0.5) is 23.1 Å². The topological polar surface area (TPSA) is 81.2 Å². The van der Waals surface area contributed by atoms with Crippen molar-refractivity contribution in [1.82, 2.24) is 19.7 Å². The van der Waals surface area contributed by atoms with E-state index in [2.05, 4.69) is 30.5 Å². The van der Waals surface area contributed by atoms with Crippen molar-refractivity contribution in [2.45, 2.75) is 44.6 Å². The normalized spacial score (nSPS) is 17.7. The third-order valence-corrected chi connectivity index (χ3v) is 5.08. The second kappa shape index (κ2) is 7.38. The van der Waals surface area contributed by atoms with Crippen LogP contribution in [0.25, 0.3) is 4.85 Å². The zero-order chi connectivity index (χ0) is 17.9. The fourth-order valence-corrected chi connectivity index (χ4v) is 3.68. The number of hydrogen-bond acceptors (Lipinski definition) is 6. The Balaban J connectivity index is 1.71. The SMILES string of the molecule is [C-]#[N+]c1cnc2nc1NCCCOc1nn(C3CCCCC3)c(Cl)c1N2. The Morgan fingerprint density at radius 3 is 2.92 bits per heavy atom. The number of nitrogens with zero attached hydrogens (tertiary/aromatic N) is 5. The van der Waals surface area contributed by atoms with Gasteiger partial charge < -0.3 is 15.4 Å². The van der Waals surface area contributed by atoms with Gasteiger partial charge in [-0.25, -0.2) is 19.5 Å². The standard InChI is InChI=1S/C17H20ClN7O/c1-19-12-10-21-17-22-13-14(18)25(11-6-3-2-4-7-11)24-16(13)26-9-5-8-20-15(12)23-17/h10-11H,2-9H2,(H2,20,21,22,23). The highest BCUT2D eigenvalue weighted by Crippen LogP contribution is 2.39. The van der Waals surface area contributed by atoms with Gasteiger partial charge in [-0.2, -0.15) is 0 Å². The summed E-state index contributed by atoms with van der Waals surface area (Å²) >= 11 is 6.64. The third-order valence-electron chi connectivity index (χ3n) is 4.72. The van der Waals surface area contributed by atoms with E-state index in [9.17, 15) is 0 Å².